The van der Waals surface area contributed by atoms with Crippen LogP contribution in [-0.2, 0) is 17.1 Å². The smallest absolute Gasteiger partial charge is 0.234 e. The Labute approximate surface area is 192 Å². The van der Waals surface area contributed by atoms with Crippen molar-refractivity contribution in [1.29, 1.82) is 0 Å². The highest BCUT2D eigenvalue weighted by molar-refractivity contribution is 7.99. The summed E-state index contributed by atoms with van der Waals surface area (Å²) in [6, 6.07) is 16.4. The number of rotatable bonds is 10. The first-order chi connectivity index (χ1) is 15.0. The standard InChI is InChI=1S/C24H28N4OS2/c1-5-14-28-22(15-30-21-12-6-18(4)7-13-21)26-27-24(28)31-16-23(29)25-20-10-8-19(9-11-20)17(2)3/h5-13,17H,1,14-16H2,2-4H3,(H,25,29). The number of thioether (sulfide) groups is 2. The van der Waals surface area contributed by atoms with Gasteiger partial charge in [0.25, 0.3) is 0 Å². The summed E-state index contributed by atoms with van der Waals surface area (Å²) in [5.74, 6) is 2.25. The highest BCUT2D eigenvalue weighted by Gasteiger charge is 2.14. The number of amides is 1. The van der Waals surface area contributed by atoms with Crippen molar-refractivity contribution in [2.24, 2.45) is 0 Å². The zero-order valence-corrected chi connectivity index (χ0v) is 19.8. The van der Waals surface area contributed by atoms with E-state index >= 15 is 0 Å². The van der Waals surface area contributed by atoms with Gasteiger partial charge in [-0.3, -0.25) is 4.79 Å². The summed E-state index contributed by atoms with van der Waals surface area (Å²) in [7, 11) is 0. The van der Waals surface area contributed by atoms with Crippen LogP contribution in [0.2, 0.25) is 0 Å². The van der Waals surface area contributed by atoms with Crippen LogP contribution in [0.5, 0.6) is 0 Å². The fourth-order valence-corrected chi connectivity index (χ4v) is 4.51. The van der Waals surface area contributed by atoms with Gasteiger partial charge in [-0.15, -0.1) is 28.5 Å². The molecule has 1 N–H and O–H groups in total. The molecule has 3 rings (SSSR count). The second-order valence-electron chi connectivity index (χ2n) is 7.51. The lowest BCUT2D eigenvalue weighted by Crippen LogP contribution is -2.14. The van der Waals surface area contributed by atoms with Gasteiger partial charge < -0.3 is 9.88 Å². The molecule has 0 bridgehead atoms. The summed E-state index contributed by atoms with van der Waals surface area (Å²) in [6.45, 7) is 10.8. The minimum atomic E-state index is -0.0639. The molecule has 0 aliphatic rings. The Morgan fingerprint density at radius 2 is 1.81 bits per heavy atom. The number of carbonyl (C=O) groups is 1. The van der Waals surface area contributed by atoms with Crippen molar-refractivity contribution >= 4 is 35.1 Å². The highest BCUT2D eigenvalue weighted by Crippen LogP contribution is 2.25. The molecule has 0 unspecified atom stereocenters. The number of aromatic nitrogens is 3. The van der Waals surface area contributed by atoms with Crippen LogP contribution in [0.25, 0.3) is 0 Å². The lowest BCUT2D eigenvalue weighted by Gasteiger charge is -2.09. The molecule has 0 radical (unpaired) electrons. The molecule has 7 heteroatoms. The Hall–Kier alpha value is -2.51. The third kappa shape index (κ3) is 6.74. The fraction of sp³-hybridized carbons (Fsp3) is 0.292. The minimum absolute atomic E-state index is 0.0639. The number of nitrogens with one attached hydrogen (secondary N) is 1. The molecule has 0 saturated carbocycles. The van der Waals surface area contributed by atoms with Gasteiger partial charge >= 0.3 is 0 Å². The van der Waals surface area contributed by atoms with E-state index < -0.39 is 0 Å². The maximum absolute atomic E-state index is 12.4. The van der Waals surface area contributed by atoms with Crippen LogP contribution in [0.1, 0.15) is 36.7 Å². The summed E-state index contributed by atoms with van der Waals surface area (Å²) in [6.07, 6.45) is 1.82. The van der Waals surface area contributed by atoms with Crippen molar-refractivity contribution in [2.45, 2.75) is 49.0 Å². The van der Waals surface area contributed by atoms with E-state index in [1.54, 1.807) is 11.8 Å². The Bertz CT molecular complexity index is 1010. The molecule has 3 aromatic rings. The Morgan fingerprint density at radius 1 is 1.10 bits per heavy atom. The molecule has 2 aromatic carbocycles. The number of nitrogens with zero attached hydrogens (tertiary/aromatic N) is 3. The minimum Gasteiger partial charge on any atom is -0.325 e. The van der Waals surface area contributed by atoms with Crippen LogP contribution in [0.4, 0.5) is 5.69 Å². The van der Waals surface area contributed by atoms with Crippen molar-refractivity contribution in [3.8, 4) is 0 Å². The summed E-state index contributed by atoms with van der Waals surface area (Å²) in [5.41, 5.74) is 3.30. The van der Waals surface area contributed by atoms with Gasteiger partial charge in [-0.2, -0.15) is 0 Å². The van der Waals surface area contributed by atoms with E-state index in [0.717, 1.165) is 16.7 Å². The summed E-state index contributed by atoms with van der Waals surface area (Å²) >= 11 is 3.11. The Morgan fingerprint density at radius 3 is 2.45 bits per heavy atom. The topological polar surface area (TPSA) is 59.8 Å². The van der Waals surface area contributed by atoms with Crippen molar-refractivity contribution in [3.63, 3.8) is 0 Å². The molecular weight excluding hydrogens is 424 g/mol. The molecule has 31 heavy (non-hydrogen) atoms. The molecule has 0 aliphatic carbocycles. The maximum atomic E-state index is 12.4. The Balaban J connectivity index is 1.58. The number of aryl methyl sites for hydroxylation is 1. The van der Waals surface area contributed by atoms with Crippen LogP contribution >= 0.6 is 23.5 Å². The molecule has 0 saturated heterocycles. The quantitative estimate of drug-likeness (QED) is 0.306. The van der Waals surface area contributed by atoms with Crippen LogP contribution in [-0.4, -0.2) is 26.4 Å². The second kappa shape index (κ2) is 11.2. The average molecular weight is 453 g/mol. The van der Waals surface area contributed by atoms with Gasteiger partial charge in [0.15, 0.2) is 5.16 Å². The van der Waals surface area contributed by atoms with Gasteiger partial charge in [0, 0.05) is 17.1 Å². The largest absolute Gasteiger partial charge is 0.325 e. The lowest BCUT2D eigenvalue weighted by molar-refractivity contribution is -0.113. The third-order valence-electron chi connectivity index (χ3n) is 4.69. The summed E-state index contributed by atoms with van der Waals surface area (Å²) < 4.78 is 2.02. The molecular formula is C24H28N4OS2. The first-order valence-corrected chi connectivity index (χ1v) is 12.2. The van der Waals surface area contributed by atoms with E-state index in [9.17, 15) is 4.79 Å². The number of anilines is 1. The molecule has 1 aromatic heterocycles. The highest BCUT2D eigenvalue weighted by atomic mass is 32.2. The first-order valence-electron chi connectivity index (χ1n) is 10.2. The van der Waals surface area contributed by atoms with Crippen LogP contribution in [0.15, 0.2) is 71.2 Å². The maximum Gasteiger partial charge on any atom is 0.234 e. The molecule has 1 amide bonds. The number of allylic oxidation sites excluding steroid dienone is 1. The van der Waals surface area contributed by atoms with E-state index in [1.165, 1.54) is 27.8 Å². The third-order valence-corrected chi connectivity index (χ3v) is 6.66. The van der Waals surface area contributed by atoms with E-state index in [-0.39, 0.29) is 11.7 Å². The molecule has 0 spiro atoms. The molecule has 1 heterocycles. The first kappa shape index (κ1) is 23.2. The van der Waals surface area contributed by atoms with E-state index in [2.05, 4.69) is 67.1 Å². The normalized spacial score (nSPS) is 11.0. The molecule has 162 valence electrons. The summed E-state index contributed by atoms with van der Waals surface area (Å²) in [4.78, 5) is 13.6. The lowest BCUT2D eigenvalue weighted by atomic mass is 10.0. The van der Waals surface area contributed by atoms with Crippen molar-refractivity contribution < 1.29 is 4.79 Å². The van der Waals surface area contributed by atoms with Crippen LogP contribution in [0.3, 0.4) is 0 Å². The second-order valence-corrected chi connectivity index (χ2v) is 9.50. The number of benzene rings is 2. The number of hydrogen-bond donors (Lipinski definition) is 1. The van der Waals surface area contributed by atoms with Gasteiger partial charge in [-0.05, 0) is 42.7 Å². The van der Waals surface area contributed by atoms with Crippen molar-refractivity contribution in [2.75, 3.05) is 11.1 Å². The van der Waals surface area contributed by atoms with Crippen molar-refractivity contribution in [3.05, 3.63) is 78.1 Å². The van der Waals surface area contributed by atoms with Crippen LogP contribution in [0, 0.1) is 6.92 Å². The van der Waals surface area contributed by atoms with Crippen molar-refractivity contribution in [1.82, 2.24) is 14.8 Å². The van der Waals surface area contributed by atoms with Crippen LogP contribution < -0.4 is 5.32 Å². The fourth-order valence-electron chi connectivity index (χ4n) is 2.91. The number of carbonyl (C=O) groups excluding carboxylic acids is 1. The molecule has 0 aliphatic heterocycles. The molecule has 0 fully saturated rings. The predicted octanol–water partition coefficient (Wildman–Crippen LogP) is 5.92. The molecule has 5 nitrogen and oxygen atoms in total. The summed E-state index contributed by atoms with van der Waals surface area (Å²) in [5, 5.41) is 12.3. The van der Waals surface area contributed by atoms with E-state index in [0.29, 0.717) is 18.2 Å². The van der Waals surface area contributed by atoms with Gasteiger partial charge in [0.05, 0.1) is 11.5 Å². The predicted molar refractivity (Wildman–Crippen MR) is 131 cm³/mol. The Kier molecular flexibility index (Phi) is 8.37. The van der Waals surface area contributed by atoms with Gasteiger partial charge in [0.2, 0.25) is 5.91 Å². The molecule has 0 atom stereocenters. The average Bonchev–Trinajstić information content (AvgIpc) is 3.14. The van der Waals surface area contributed by atoms with Gasteiger partial charge in [-0.1, -0.05) is 61.5 Å². The number of hydrogen-bond acceptors (Lipinski definition) is 5. The monoisotopic (exact) mass is 452 g/mol. The van der Waals surface area contributed by atoms with Gasteiger partial charge in [-0.25, -0.2) is 0 Å². The SMILES string of the molecule is C=CCn1c(CSc2ccc(C)cc2)nnc1SCC(=O)Nc1ccc(C(C)C)cc1. The van der Waals surface area contributed by atoms with E-state index in [1.807, 2.05) is 34.9 Å². The zero-order chi connectivity index (χ0) is 22.2. The van der Waals surface area contributed by atoms with Gasteiger partial charge in [0.1, 0.15) is 5.82 Å². The zero-order valence-electron chi connectivity index (χ0n) is 18.2. The van der Waals surface area contributed by atoms with E-state index in [4.69, 9.17) is 0 Å².